The molecular weight excluding hydrogens is 854 g/mol. The number of rotatable bonds is 9. The predicted octanol–water partition coefficient (Wildman–Crippen LogP) is 15.7. The largest absolute Gasteiger partial charge is 0.457 e. The summed E-state index contributed by atoms with van der Waals surface area (Å²) in [7, 11) is 0. The molecule has 3 heterocycles. The van der Waals surface area contributed by atoms with Gasteiger partial charge in [0.25, 0.3) is 6.71 Å². The highest BCUT2D eigenvalue weighted by molar-refractivity contribution is 7.01. The van der Waals surface area contributed by atoms with Crippen LogP contribution in [0.3, 0.4) is 0 Å². The topological polar surface area (TPSA) is 28.2 Å². The van der Waals surface area contributed by atoms with Crippen LogP contribution in [0.2, 0.25) is 0 Å². The minimum Gasteiger partial charge on any atom is -0.457 e. The van der Waals surface area contributed by atoms with Crippen LogP contribution < -0.4 is 40.6 Å². The van der Waals surface area contributed by atoms with Crippen molar-refractivity contribution in [2.45, 2.75) is 27.7 Å². The lowest BCUT2D eigenvalue weighted by Crippen LogP contribution is -2.61. The molecule has 0 aliphatic carbocycles. The van der Waals surface area contributed by atoms with Gasteiger partial charge in [0, 0.05) is 68.5 Å². The van der Waals surface area contributed by atoms with Gasteiger partial charge in [0.1, 0.15) is 23.0 Å². The van der Waals surface area contributed by atoms with E-state index in [0.717, 1.165) is 113 Å². The van der Waals surface area contributed by atoms with Crippen molar-refractivity contribution >= 4 is 74.3 Å². The molecular formula is C64H48BN3O2. The number of benzene rings is 10. The molecule has 0 atom stereocenters. The highest BCUT2D eigenvalue weighted by atomic mass is 16.5. The first-order chi connectivity index (χ1) is 34.3. The van der Waals surface area contributed by atoms with E-state index >= 15 is 0 Å². The van der Waals surface area contributed by atoms with E-state index in [1.165, 1.54) is 22.3 Å². The van der Waals surface area contributed by atoms with Crippen molar-refractivity contribution in [1.29, 1.82) is 0 Å². The Kier molecular flexibility index (Phi) is 9.77. The van der Waals surface area contributed by atoms with E-state index in [4.69, 9.17) is 9.47 Å². The van der Waals surface area contributed by atoms with Crippen molar-refractivity contribution in [2.24, 2.45) is 0 Å². The maximum Gasteiger partial charge on any atom is 0.266 e. The maximum absolute atomic E-state index is 7.57. The minimum atomic E-state index is -0.226. The van der Waals surface area contributed by atoms with Crippen LogP contribution in [0.4, 0.5) is 51.2 Å². The molecule has 10 aromatic carbocycles. The van der Waals surface area contributed by atoms with Crippen molar-refractivity contribution in [3.8, 4) is 45.3 Å². The highest BCUT2D eigenvalue weighted by Crippen LogP contribution is 2.54. The Hall–Kier alpha value is -8.74. The molecule has 0 saturated heterocycles. The summed E-state index contributed by atoms with van der Waals surface area (Å²) in [5.41, 5.74) is 21.6. The monoisotopic (exact) mass is 901 g/mol. The van der Waals surface area contributed by atoms with Crippen molar-refractivity contribution in [1.82, 2.24) is 0 Å². The molecule has 0 radical (unpaired) electrons. The molecule has 0 N–H and O–H groups in total. The average Bonchev–Trinajstić information content (AvgIpc) is 3.39. The first-order valence-corrected chi connectivity index (χ1v) is 24.1. The fourth-order valence-electron chi connectivity index (χ4n) is 10.7. The lowest BCUT2D eigenvalue weighted by molar-refractivity contribution is 0.466. The third-order valence-electron chi connectivity index (χ3n) is 14.1. The molecule has 0 fully saturated rings. The standard InChI is InChI=1S/C64H48BN3O2/c1-41-20-28-48(29-21-41)66(49-30-22-42(2)23-31-49)52-36-56-60-58(38-52)69-63-54(45-14-8-5-9-15-45)40-55(46-16-10-6-11-17-46)64-62(63)65(60)61-57(68(56)47-18-12-7-13-19-47)37-53(39-59(61)70-64)67(50-32-24-43(3)25-33-50)51-34-26-44(4)27-35-51/h5-40H,1-4H3. The van der Waals surface area contributed by atoms with Crippen LogP contribution in [-0.4, -0.2) is 6.71 Å². The molecule has 0 aromatic heterocycles. The summed E-state index contributed by atoms with van der Waals surface area (Å²) in [4.78, 5) is 7.16. The van der Waals surface area contributed by atoms with Gasteiger partial charge in [-0.2, -0.15) is 0 Å². The molecule has 0 unspecified atom stereocenters. The Labute approximate surface area is 410 Å². The molecule has 5 nitrogen and oxygen atoms in total. The predicted molar refractivity (Wildman–Crippen MR) is 292 cm³/mol. The summed E-state index contributed by atoms with van der Waals surface area (Å²) in [5, 5.41) is 0. The third kappa shape index (κ3) is 6.86. The number of hydrogen-bond donors (Lipinski definition) is 0. The van der Waals surface area contributed by atoms with Gasteiger partial charge in [-0.15, -0.1) is 0 Å². The molecule has 0 amide bonds. The fraction of sp³-hybridized carbons (Fsp3) is 0.0625. The average molecular weight is 902 g/mol. The normalized spacial score (nSPS) is 12.5. The van der Waals surface area contributed by atoms with E-state index in [1.54, 1.807) is 0 Å². The van der Waals surface area contributed by atoms with E-state index in [9.17, 15) is 0 Å². The van der Waals surface area contributed by atoms with E-state index in [-0.39, 0.29) is 6.71 Å². The zero-order valence-electron chi connectivity index (χ0n) is 39.5. The molecule has 3 aliphatic heterocycles. The maximum atomic E-state index is 7.57. The number of anilines is 9. The van der Waals surface area contributed by atoms with Crippen LogP contribution in [0.5, 0.6) is 23.0 Å². The Bertz CT molecular complexity index is 3310. The second-order valence-electron chi connectivity index (χ2n) is 18.9. The van der Waals surface area contributed by atoms with Gasteiger partial charge in [-0.1, -0.05) is 150 Å². The van der Waals surface area contributed by atoms with Crippen LogP contribution >= 0.6 is 0 Å². The molecule has 13 rings (SSSR count). The van der Waals surface area contributed by atoms with Gasteiger partial charge in [0.05, 0.1) is 11.4 Å². The van der Waals surface area contributed by atoms with E-state index in [1.807, 2.05) is 0 Å². The van der Waals surface area contributed by atoms with Gasteiger partial charge in [-0.05, 0) is 129 Å². The quantitative estimate of drug-likeness (QED) is 0.135. The van der Waals surface area contributed by atoms with Crippen LogP contribution in [-0.2, 0) is 0 Å². The van der Waals surface area contributed by atoms with Gasteiger partial charge in [0.15, 0.2) is 0 Å². The Morgan fingerprint density at radius 3 is 1.04 bits per heavy atom. The summed E-state index contributed by atoms with van der Waals surface area (Å²) in [5.74, 6) is 3.26. The molecule has 0 bridgehead atoms. The summed E-state index contributed by atoms with van der Waals surface area (Å²) in [6.45, 7) is 8.33. The molecule has 6 heteroatoms. The number of ether oxygens (including phenoxy) is 2. The van der Waals surface area contributed by atoms with Crippen LogP contribution in [0.25, 0.3) is 22.3 Å². The fourth-order valence-corrected chi connectivity index (χ4v) is 10.7. The van der Waals surface area contributed by atoms with Crippen molar-refractivity contribution in [2.75, 3.05) is 14.7 Å². The lowest BCUT2D eigenvalue weighted by Gasteiger charge is -2.45. The zero-order valence-corrected chi connectivity index (χ0v) is 39.5. The molecule has 3 aliphatic rings. The first-order valence-electron chi connectivity index (χ1n) is 24.1. The van der Waals surface area contributed by atoms with E-state index < -0.39 is 0 Å². The van der Waals surface area contributed by atoms with Gasteiger partial charge in [-0.25, -0.2) is 0 Å². The number of para-hydroxylation sites is 1. The smallest absolute Gasteiger partial charge is 0.266 e. The van der Waals surface area contributed by atoms with Crippen molar-refractivity contribution in [3.63, 3.8) is 0 Å². The SMILES string of the molecule is Cc1ccc(N(c2ccc(C)cc2)c2cc3c4c(c2)N(c2ccccc2)c2cc(N(c5ccc(C)cc5)c5ccc(C)cc5)cc5c2B4c2c(c(-c4ccccc4)cc(-c4ccccc4)c2O5)O3)cc1. The molecule has 334 valence electrons. The van der Waals surface area contributed by atoms with Gasteiger partial charge >= 0.3 is 0 Å². The van der Waals surface area contributed by atoms with E-state index in [2.05, 4.69) is 261 Å². The Balaban J connectivity index is 1.15. The molecule has 0 saturated carbocycles. The summed E-state index contributed by atoms with van der Waals surface area (Å²) in [6, 6.07) is 78.9. The number of aryl methyl sites for hydroxylation is 4. The third-order valence-corrected chi connectivity index (χ3v) is 14.1. The molecule has 70 heavy (non-hydrogen) atoms. The second kappa shape index (κ2) is 16.5. The molecule has 0 spiro atoms. The van der Waals surface area contributed by atoms with Crippen LogP contribution in [0.15, 0.2) is 218 Å². The van der Waals surface area contributed by atoms with Crippen molar-refractivity contribution in [3.05, 3.63) is 241 Å². The molecule has 10 aromatic rings. The van der Waals surface area contributed by atoms with E-state index in [0.29, 0.717) is 0 Å². The minimum absolute atomic E-state index is 0.226. The second-order valence-corrected chi connectivity index (χ2v) is 18.9. The van der Waals surface area contributed by atoms with Gasteiger partial charge < -0.3 is 24.2 Å². The Morgan fingerprint density at radius 2 is 0.686 bits per heavy atom. The van der Waals surface area contributed by atoms with Crippen LogP contribution in [0.1, 0.15) is 22.3 Å². The van der Waals surface area contributed by atoms with Gasteiger partial charge in [0.2, 0.25) is 0 Å². The lowest BCUT2D eigenvalue weighted by atomic mass is 9.33. The van der Waals surface area contributed by atoms with Crippen LogP contribution in [0, 0.1) is 27.7 Å². The first kappa shape index (κ1) is 41.5. The summed E-state index contributed by atoms with van der Waals surface area (Å²) < 4.78 is 15.1. The number of hydrogen-bond acceptors (Lipinski definition) is 5. The zero-order chi connectivity index (χ0) is 47.0. The van der Waals surface area contributed by atoms with Gasteiger partial charge in [-0.3, -0.25) is 0 Å². The summed E-state index contributed by atoms with van der Waals surface area (Å²) >= 11 is 0. The highest BCUT2D eigenvalue weighted by Gasteiger charge is 2.50. The Morgan fingerprint density at radius 1 is 0.343 bits per heavy atom. The summed E-state index contributed by atoms with van der Waals surface area (Å²) in [6.07, 6.45) is 0. The number of nitrogens with zero attached hydrogens (tertiary/aromatic N) is 3. The van der Waals surface area contributed by atoms with Crippen molar-refractivity contribution < 1.29 is 9.47 Å².